The summed E-state index contributed by atoms with van der Waals surface area (Å²) < 4.78 is 6.05. The van der Waals surface area contributed by atoms with Crippen LogP contribution in [-0.4, -0.2) is 96.4 Å². The number of amides is 2. The van der Waals surface area contributed by atoms with Crippen LogP contribution >= 0.6 is 0 Å². The molecule has 4 aliphatic carbocycles. The third-order valence-electron chi connectivity index (χ3n) is 12.9. The molecule has 11 nitrogen and oxygen atoms in total. The molecule has 1 heterocycles. The van der Waals surface area contributed by atoms with Crippen LogP contribution in [0.1, 0.15) is 62.9 Å². The van der Waals surface area contributed by atoms with Gasteiger partial charge in [-0.3, -0.25) is 14.4 Å². The Morgan fingerprint density at radius 2 is 1.91 bits per heavy atom. The summed E-state index contributed by atoms with van der Waals surface area (Å²) in [6, 6.07) is 9.91. The molecule has 4 saturated carbocycles. The number of nitrogens with zero attached hydrogens (tertiary/aromatic N) is 2. The van der Waals surface area contributed by atoms with Crippen LogP contribution in [0.25, 0.3) is 11.1 Å². The summed E-state index contributed by atoms with van der Waals surface area (Å²) in [7, 11) is 5.38. The number of aliphatic hydroxyl groups excluding tert-OH is 3. The predicted molar refractivity (Wildman–Crippen MR) is 210 cm³/mol. The van der Waals surface area contributed by atoms with Crippen LogP contribution in [0.3, 0.4) is 0 Å². The molecule has 2 amide bonds. The number of hydrogen-bond acceptors (Lipinski definition) is 9. The van der Waals surface area contributed by atoms with Crippen LogP contribution in [0.4, 0.5) is 5.69 Å². The summed E-state index contributed by atoms with van der Waals surface area (Å²) >= 11 is 0. The topological polar surface area (TPSA) is 144 Å². The van der Waals surface area contributed by atoms with Crippen molar-refractivity contribution in [3.05, 3.63) is 84.0 Å². The first-order valence-corrected chi connectivity index (χ1v) is 19.1. The molecular weight excluding hydrogens is 684 g/mol. The summed E-state index contributed by atoms with van der Waals surface area (Å²) in [5.41, 5.74) is 5.06. The highest BCUT2D eigenvalue weighted by Gasteiger charge is 2.57. The summed E-state index contributed by atoms with van der Waals surface area (Å²) in [6.07, 6.45) is 3.40. The van der Waals surface area contributed by atoms with Crippen molar-refractivity contribution < 1.29 is 34.5 Å². The normalized spacial score (nSPS) is 31.5. The SMILES string of the molecule is C=C/C=C1/C[C@@H](NC(=O)c2cc(-c3cccc(CN4O[C@@H](CO)[C@H]([C@H](C)O)[C@H]4C(=O)N[C@H]4C[C@H]5C[C@@H]([C@@H]4C)C5(C)C)c3OC)cc(N(C)C)c2)[C@@H](O)C1=C. The van der Waals surface area contributed by atoms with Gasteiger partial charge in [0.2, 0.25) is 5.91 Å². The van der Waals surface area contributed by atoms with Gasteiger partial charge in [0.05, 0.1) is 38.5 Å². The Hall–Kier alpha value is -4.00. The van der Waals surface area contributed by atoms with Crippen molar-refractivity contribution >= 4 is 17.5 Å². The number of hydroxylamine groups is 2. The van der Waals surface area contributed by atoms with Gasteiger partial charge in [0.25, 0.3) is 5.91 Å². The average molecular weight is 743 g/mol. The number of aliphatic hydroxyl groups is 3. The van der Waals surface area contributed by atoms with Crippen molar-refractivity contribution in [2.24, 2.45) is 29.1 Å². The molecule has 1 aliphatic heterocycles. The standard InChI is InChI=1S/C43H58N4O7/c1-10-12-26-18-35(39(50)23(26)2)45-41(51)29-15-28(16-31(17-29)46(7)8)32-14-11-13-27(40(32)53-9)21-47-38(37(25(4)49)36(22-48)54-47)42(52)44-34-20-30-19-33(24(34)3)43(30,5)6/h10-17,24-25,30,33-39,48-50H,1-2,18-22H2,3-9H3,(H,44,52)(H,45,51)/b26-12-/t24-,25-,30+,33-,34-,35+,36-,37-,38-,39-/m0/s1. The summed E-state index contributed by atoms with van der Waals surface area (Å²) in [5.74, 6) is 0.739. The molecule has 54 heavy (non-hydrogen) atoms. The number of methoxy groups -OCH3 is 1. The van der Waals surface area contributed by atoms with Crippen molar-refractivity contribution in [1.82, 2.24) is 15.7 Å². The maximum absolute atomic E-state index is 14.2. The van der Waals surface area contributed by atoms with Crippen molar-refractivity contribution in [2.75, 3.05) is 32.7 Å². The monoisotopic (exact) mass is 742 g/mol. The van der Waals surface area contributed by atoms with Crippen LogP contribution in [0.5, 0.6) is 5.75 Å². The molecule has 2 aromatic rings. The van der Waals surface area contributed by atoms with Gasteiger partial charge in [-0.15, -0.1) is 0 Å². The fraction of sp³-hybridized carbons (Fsp3) is 0.535. The van der Waals surface area contributed by atoms with E-state index in [9.17, 15) is 24.9 Å². The van der Waals surface area contributed by atoms with Gasteiger partial charge in [-0.25, -0.2) is 0 Å². The van der Waals surface area contributed by atoms with Crippen LogP contribution in [0.2, 0.25) is 0 Å². The number of nitrogens with one attached hydrogen (secondary N) is 2. The number of carbonyl (C=O) groups is 2. The van der Waals surface area contributed by atoms with Crippen molar-refractivity contribution in [3.63, 3.8) is 0 Å². The first-order chi connectivity index (χ1) is 25.6. The second kappa shape index (κ2) is 15.6. The minimum Gasteiger partial charge on any atom is -0.496 e. The molecule has 5 fully saturated rings. The van der Waals surface area contributed by atoms with Crippen LogP contribution in [0.15, 0.2) is 72.9 Å². The lowest BCUT2D eigenvalue weighted by atomic mass is 9.45. The molecule has 10 atom stereocenters. The average Bonchev–Trinajstić information content (AvgIpc) is 3.64. The molecule has 1 saturated heterocycles. The van der Waals surface area contributed by atoms with Crippen molar-refractivity contribution in [2.45, 2.75) is 89.9 Å². The van der Waals surface area contributed by atoms with E-state index >= 15 is 0 Å². The lowest BCUT2D eigenvalue weighted by Gasteiger charge is -2.62. The van der Waals surface area contributed by atoms with E-state index in [0.717, 1.165) is 34.4 Å². The zero-order chi connectivity index (χ0) is 39.2. The first kappa shape index (κ1) is 39.7. The Bertz CT molecular complexity index is 1800. The van der Waals surface area contributed by atoms with Gasteiger partial charge in [-0.1, -0.05) is 64.3 Å². The molecule has 292 valence electrons. The van der Waals surface area contributed by atoms with Gasteiger partial charge in [-0.2, -0.15) is 5.06 Å². The Labute approximate surface area is 319 Å². The third-order valence-corrected chi connectivity index (χ3v) is 12.9. The van der Waals surface area contributed by atoms with Crippen LogP contribution < -0.4 is 20.3 Å². The number of fused-ring (bicyclic) bond motifs is 2. The Balaban J connectivity index is 1.29. The lowest BCUT2D eigenvalue weighted by Crippen LogP contribution is -2.62. The molecule has 0 aromatic heterocycles. The van der Waals surface area contributed by atoms with Crippen molar-refractivity contribution in [3.8, 4) is 16.9 Å². The zero-order valence-electron chi connectivity index (χ0n) is 32.7. The largest absolute Gasteiger partial charge is 0.496 e. The first-order valence-electron chi connectivity index (χ1n) is 19.1. The highest BCUT2D eigenvalue weighted by molar-refractivity contribution is 5.97. The molecule has 0 unspecified atom stereocenters. The van der Waals surface area contributed by atoms with E-state index in [-0.39, 0.29) is 36.4 Å². The Kier molecular flexibility index (Phi) is 11.5. The predicted octanol–water partition coefficient (Wildman–Crippen LogP) is 4.62. The lowest BCUT2D eigenvalue weighted by molar-refractivity contribution is -0.183. The number of anilines is 1. The number of hydrogen-bond donors (Lipinski definition) is 5. The van der Waals surface area contributed by atoms with Gasteiger partial charge in [0.15, 0.2) is 0 Å². The minimum absolute atomic E-state index is 0.0219. The maximum Gasteiger partial charge on any atom is 0.251 e. The molecule has 5 aliphatic rings. The van der Waals surface area contributed by atoms with E-state index < -0.39 is 36.3 Å². The van der Waals surface area contributed by atoms with E-state index in [0.29, 0.717) is 41.1 Å². The molecule has 2 aromatic carbocycles. The molecular formula is C43H58N4O7. The third kappa shape index (κ3) is 7.24. The molecule has 7 rings (SSSR count). The quantitative estimate of drug-likeness (QED) is 0.211. The number of benzene rings is 2. The number of allylic oxidation sites excluding steroid dienone is 2. The number of para-hydroxylation sites is 1. The van der Waals surface area contributed by atoms with E-state index in [2.05, 4.69) is 44.6 Å². The zero-order valence-corrected chi connectivity index (χ0v) is 32.7. The summed E-state index contributed by atoms with van der Waals surface area (Å²) in [6.45, 7) is 16.0. The van der Waals surface area contributed by atoms with Gasteiger partial charge >= 0.3 is 0 Å². The second-order valence-electron chi connectivity index (χ2n) is 16.6. The maximum atomic E-state index is 14.2. The van der Waals surface area contributed by atoms with Gasteiger partial charge < -0.3 is 35.6 Å². The summed E-state index contributed by atoms with van der Waals surface area (Å²) in [4.78, 5) is 36.2. The van der Waals surface area contributed by atoms with Crippen LogP contribution in [-0.2, 0) is 16.2 Å². The molecule has 2 bridgehead atoms. The Morgan fingerprint density at radius 1 is 1.17 bits per heavy atom. The fourth-order valence-electron chi connectivity index (χ4n) is 9.60. The highest BCUT2D eigenvalue weighted by Crippen LogP contribution is 2.61. The molecule has 0 radical (unpaired) electrons. The van der Waals surface area contributed by atoms with Crippen LogP contribution in [0, 0.1) is 29.1 Å². The molecule has 5 N–H and O–H groups in total. The van der Waals surface area contributed by atoms with Gasteiger partial charge in [0.1, 0.15) is 17.9 Å². The van der Waals surface area contributed by atoms with E-state index in [1.54, 1.807) is 43.4 Å². The second-order valence-corrected chi connectivity index (χ2v) is 16.6. The number of ether oxygens (including phenoxy) is 1. The fourth-order valence-corrected chi connectivity index (χ4v) is 9.60. The van der Waals surface area contributed by atoms with E-state index in [4.69, 9.17) is 9.57 Å². The van der Waals surface area contributed by atoms with Gasteiger partial charge in [0, 0.05) is 48.4 Å². The van der Waals surface area contributed by atoms with E-state index in [1.807, 2.05) is 43.3 Å². The van der Waals surface area contributed by atoms with E-state index in [1.165, 1.54) is 6.42 Å². The molecule has 11 heteroatoms. The summed E-state index contributed by atoms with van der Waals surface area (Å²) in [5, 5.41) is 40.0. The Morgan fingerprint density at radius 3 is 2.52 bits per heavy atom. The number of carbonyl (C=O) groups excluding carboxylic acids is 2. The smallest absolute Gasteiger partial charge is 0.251 e. The highest BCUT2D eigenvalue weighted by atomic mass is 16.7. The minimum atomic E-state index is -0.918. The van der Waals surface area contributed by atoms with Gasteiger partial charge in [-0.05, 0) is 84.3 Å². The molecule has 0 spiro atoms. The van der Waals surface area contributed by atoms with Crippen molar-refractivity contribution in [1.29, 1.82) is 0 Å². The number of rotatable bonds is 12.